The minimum Gasteiger partial charge on any atom is -0.349 e. The van der Waals surface area contributed by atoms with Crippen molar-refractivity contribution in [2.75, 3.05) is 6.54 Å². The maximum Gasteiger partial charge on any atom is 0.221 e. The average molecular weight is 283 g/mol. The predicted molar refractivity (Wildman–Crippen MR) is 67.0 cm³/mol. The molecule has 0 radical (unpaired) electrons. The molecule has 0 saturated heterocycles. The van der Waals surface area contributed by atoms with Gasteiger partial charge < -0.3 is 11.1 Å². The van der Waals surface area contributed by atoms with Gasteiger partial charge in [0, 0.05) is 17.4 Å². The van der Waals surface area contributed by atoms with Crippen molar-refractivity contribution in [2.45, 2.75) is 25.3 Å². The molecule has 1 aromatic carbocycles. The molecule has 0 spiro atoms. The van der Waals surface area contributed by atoms with E-state index in [-0.39, 0.29) is 11.9 Å². The van der Waals surface area contributed by atoms with Crippen molar-refractivity contribution in [3.63, 3.8) is 0 Å². The molecule has 1 atom stereocenters. The molecule has 0 bridgehead atoms. The summed E-state index contributed by atoms with van der Waals surface area (Å²) in [5.74, 6) is 0.0420. The van der Waals surface area contributed by atoms with Crippen LogP contribution < -0.4 is 11.1 Å². The number of nitrogens with one attached hydrogen (secondary N) is 1. The van der Waals surface area contributed by atoms with Gasteiger partial charge in [0.1, 0.15) is 0 Å². The number of carbonyl (C=O) groups excluding carboxylic acids is 1. The Bertz CT molecular complexity index is 406. The molecule has 86 valence electrons. The zero-order chi connectivity index (χ0) is 11.5. The van der Waals surface area contributed by atoms with E-state index >= 15 is 0 Å². The molecule has 1 aliphatic rings. The second-order valence-electron chi connectivity index (χ2n) is 4.01. The van der Waals surface area contributed by atoms with Gasteiger partial charge in [-0.2, -0.15) is 0 Å². The quantitative estimate of drug-likeness (QED) is 0.890. The number of carbonyl (C=O) groups is 1. The normalized spacial score (nSPS) is 18.2. The van der Waals surface area contributed by atoms with Crippen LogP contribution in [0, 0.1) is 0 Å². The smallest absolute Gasteiger partial charge is 0.221 e. The van der Waals surface area contributed by atoms with Gasteiger partial charge in [-0.25, -0.2) is 0 Å². The summed E-state index contributed by atoms with van der Waals surface area (Å²) in [5, 5.41) is 3.02. The summed E-state index contributed by atoms with van der Waals surface area (Å²) in [6, 6.07) is 6.30. The van der Waals surface area contributed by atoms with Gasteiger partial charge in [0.05, 0.1) is 6.04 Å². The zero-order valence-corrected chi connectivity index (χ0v) is 10.6. The standard InChI is InChI=1S/C12H15BrN2O/c13-10-3-1-2-9-8(10)4-5-11(9)15-12(16)6-7-14/h1-3,11H,4-7,14H2,(H,15,16). The molecule has 0 saturated carbocycles. The van der Waals surface area contributed by atoms with Crippen LogP contribution in [0.4, 0.5) is 0 Å². The van der Waals surface area contributed by atoms with Gasteiger partial charge in [-0.15, -0.1) is 0 Å². The first-order valence-electron chi connectivity index (χ1n) is 5.49. The highest BCUT2D eigenvalue weighted by Gasteiger charge is 2.24. The van der Waals surface area contributed by atoms with Gasteiger partial charge in [0.25, 0.3) is 0 Å². The maximum atomic E-state index is 11.5. The average Bonchev–Trinajstić information content (AvgIpc) is 2.64. The van der Waals surface area contributed by atoms with Crippen molar-refractivity contribution < 1.29 is 4.79 Å². The van der Waals surface area contributed by atoms with E-state index in [0.717, 1.165) is 17.3 Å². The van der Waals surface area contributed by atoms with Crippen LogP contribution in [-0.2, 0) is 11.2 Å². The minimum absolute atomic E-state index is 0.0420. The SMILES string of the molecule is NCCC(=O)NC1CCc2c(Br)cccc21. The lowest BCUT2D eigenvalue weighted by Gasteiger charge is -2.13. The topological polar surface area (TPSA) is 55.1 Å². The van der Waals surface area contributed by atoms with Gasteiger partial charge in [0.15, 0.2) is 0 Å². The van der Waals surface area contributed by atoms with Crippen LogP contribution in [0.15, 0.2) is 22.7 Å². The summed E-state index contributed by atoms with van der Waals surface area (Å²) in [5.41, 5.74) is 7.91. The van der Waals surface area contributed by atoms with E-state index in [4.69, 9.17) is 5.73 Å². The molecular formula is C12H15BrN2O. The molecule has 0 heterocycles. The first-order valence-corrected chi connectivity index (χ1v) is 6.28. The first kappa shape index (κ1) is 11.6. The second-order valence-corrected chi connectivity index (χ2v) is 4.86. The summed E-state index contributed by atoms with van der Waals surface area (Å²) in [4.78, 5) is 11.5. The van der Waals surface area contributed by atoms with Crippen LogP contribution in [0.5, 0.6) is 0 Å². The van der Waals surface area contributed by atoms with Crippen molar-refractivity contribution in [1.82, 2.24) is 5.32 Å². The first-order chi connectivity index (χ1) is 7.72. The number of rotatable bonds is 3. The number of halogens is 1. The highest BCUT2D eigenvalue weighted by molar-refractivity contribution is 9.10. The molecule has 2 rings (SSSR count). The van der Waals surface area contributed by atoms with Gasteiger partial charge in [-0.3, -0.25) is 4.79 Å². The molecule has 1 amide bonds. The lowest BCUT2D eigenvalue weighted by molar-refractivity contribution is -0.121. The Hall–Kier alpha value is -0.870. The molecule has 1 unspecified atom stereocenters. The fourth-order valence-electron chi connectivity index (χ4n) is 2.16. The Morgan fingerprint density at radius 3 is 3.12 bits per heavy atom. The third-order valence-corrected chi connectivity index (χ3v) is 3.66. The Morgan fingerprint density at radius 2 is 2.38 bits per heavy atom. The number of fused-ring (bicyclic) bond motifs is 1. The third kappa shape index (κ3) is 2.28. The Balaban J connectivity index is 2.12. The molecule has 0 fully saturated rings. The lowest BCUT2D eigenvalue weighted by Crippen LogP contribution is -2.28. The van der Waals surface area contributed by atoms with E-state index in [9.17, 15) is 4.79 Å². The number of nitrogens with two attached hydrogens (primary N) is 1. The second kappa shape index (κ2) is 4.97. The van der Waals surface area contributed by atoms with Gasteiger partial charge >= 0.3 is 0 Å². The number of hydrogen-bond donors (Lipinski definition) is 2. The molecule has 1 aliphatic carbocycles. The maximum absolute atomic E-state index is 11.5. The van der Waals surface area contributed by atoms with E-state index in [0.29, 0.717) is 13.0 Å². The predicted octanol–water partition coefficient (Wildman–Crippen LogP) is 1.90. The van der Waals surface area contributed by atoms with Crippen LogP contribution in [0.3, 0.4) is 0 Å². The lowest BCUT2D eigenvalue weighted by atomic mass is 10.1. The summed E-state index contributed by atoms with van der Waals surface area (Å²) in [6.07, 6.45) is 2.40. The molecule has 1 aromatic rings. The van der Waals surface area contributed by atoms with Gasteiger partial charge in [0.2, 0.25) is 5.91 Å². The van der Waals surface area contributed by atoms with Crippen LogP contribution in [0.2, 0.25) is 0 Å². The van der Waals surface area contributed by atoms with Crippen molar-refractivity contribution in [3.05, 3.63) is 33.8 Å². The summed E-state index contributed by atoms with van der Waals surface area (Å²) in [7, 11) is 0. The molecule has 16 heavy (non-hydrogen) atoms. The summed E-state index contributed by atoms with van der Waals surface area (Å²) < 4.78 is 1.14. The summed E-state index contributed by atoms with van der Waals surface area (Å²) in [6.45, 7) is 0.407. The van der Waals surface area contributed by atoms with E-state index in [2.05, 4.69) is 27.3 Å². The highest BCUT2D eigenvalue weighted by Crippen LogP contribution is 2.35. The Labute approximate surface area is 104 Å². The molecule has 0 aliphatic heterocycles. The number of amides is 1. The Morgan fingerprint density at radius 1 is 1.56 bits per heavy atom. The van der Waals surface area contributed by atoms with E-state index in [1.807, 2.05) is 12.1 Å². The number of benzene rings is 1. The van der Waals surface area contributed by atoms with Crippen molar-refractivity contribution >= 4 is 21.8 Å². The van der Waals surface area contributed by atoms with Gasteiger partial charge in [-0.05, 0) is 30.0 Å². The molecule has 3 N–H and O–H groups in total. The van der Waals surface area contributed by atoms with Crippen LogP contribution >= 0.6 is 15.9 Å². The molecule has 0 aromatic heterocycles. The van der Waals surface area contributed by atoms with E-state index in [1.54, 1.807) is 0 Å². The fraction of sp³-hybridized carbons (Fsp3) is 0.417. The van der Waals surface area contributed by atoms with Crippen molar-refractivity contribution in [1.29, 1.82) is 0 Å². The van der Waals surface area contributed by atoms with E-state index < -0.39 is 0 Å². The third-order valence-electron chi connectivity index (χ3n) is 2.92. The zero-order valence-electron chi connectivity index (χ0n) is 9.00. The van der Waals surface area contributed by atoms with Crippen LogP contribution in [0.25, 0.3) is 0 Å². The van der Waals surface area contributed by atoms with Crippen molar-refractivity contribution in [3.8, 4) is 0 Å². The van der Waals surface area contributed by atoms with E-state index in [1.165, 1.54) is 11.1 Å². The molecular weight excluding hydrogens is 268 g/mol. The Kier molecular flexibility index (Phi) is 3.61. The number of hydrogen-bond acceptors (Lipinski definition) is 2. The van der Waals surface area contributed by atoms with Crippen LogP contribution in [-0.4, -0.2) is 12.5 Å². The molecule has 4 heteroatoms. The summed E-state index contributed by atoms with van der Waals surface area (Å²) >= 11 is 3.54. The van der Waals surface area contributed by atoms with Gasteiger partial charge in [-0.1, -0.05) is 28.1 Å². The van der Waals surface area contributed by atoms with Crippen molar-refractivity contribution in [2.24, 2.45) is 5.73 Å². The highest BCUT2D eigenvalue weighted by atomic mass is 79.9. The molecule has 3 nitrogen and oxygen atoms in total. The largest absolute Gasteiger partial charge is 0.349 e. The minimum atomic E-state index is 0.0420. The monoisotopic (exact) mass is 282 g/mol. The van der Waals surface area contributed by atoms with Crippen LogP contribution in [0.1, 0.15) is 30.0 Å². The fourth-order valence-corrected chi connectivity index (χ4v) is 2.74.